The van der Waals surface area contributed by atoms with Crippen molar-refractivity contribution in [3.05, 3.63) is 17.6 Å². The fraction of sp³-hybridized carbons (Fsp3) is 0.769. The fourth-order valence-corrected chi connectivity index (χ4v) is 2.16. The van der Waals surface area contributed by atoms with Crippen LogP contribution in [0.3, 0.4) is 0 Å². The summed E-state index contributed by atoms with van der Waals surface area (Å²) in [4.78, 5) is 0. The van der Waals surface area contributed by atoms with Crippen LogP contribution in [-0.4, -0.2) is 0 Å². The zero-order valence-electron chi connectivity index (χ0n) is 10.6. The quantitative estimate of drug-likeness (QED) is 0.572. The molecule has 0 atom stereocenters. The second-order valence-electron chi connectivity index (χ2n) is 6.14. The van der Waals surface area contributed by atoms with Crippen LogP contribution >= 0.6 is 0 Å². The summed E-state index contributed by atoms with van der Waals surface area (Å²) in [6.45, 7) is 13.9. The molecule has 79 valence electrons. The molecule has 0 heterocycles. The van der Waals surface area contributed by atoms with Gasteiger partial charge < -0.3 is 0 Å². The Morgan fingerprint density at radius 1 is 0.929 bits per heavy atom. The molecular weight excluding hydrogens is 245 g/mol. The van der Waals surface area contributed by atoms with Crippen LogP contribution in [0.5, 0.6) is 0 Å². The van der Waals surface area contributed by atoms with Gasteiger partial charge in [-0.05, 0) is 5.41 Å². The van der Waals surface area contributed by atoms with Crippen molar-refractivity contribution in [1.29, 1.82) is 0 Å². The minimum Gasteiger partial charge on any atom is -0.228 e. The van der Waals surface area contributed by atoms with E-state index in [2.05, 4.69) is 48.0 Å². The second-order valence-corrected chi connectivity index (χ2v) is 6.14. The van der Waals surface area contributed by atoms with Crippen LogP contribution in [-0.2, 0) is 32.7 Å². The minimum absolute atomic E-state index is 0. The smallest absolute Gasteiger partial charge is 0 e. The summed E-state index contributed by atoms with van der Waals surface area (Å²) in [5.74, 6) is 0. The molecule has 0 saturated carbocycles. The molecule has 1 rings (SSSR count). The number of rotatable bonds is 0. The predicted molar refractivity (Wildman–Crippen MR) is 59.5 cm³/mol. The Hall–Kier alpha value is 0.714. The van der Waals surface area contributed by atoms with E-state index in [1.807, 2.05) is 0 Å². The van der Waals surface area contributed by atoms with Crippen LogP contribution in [0.25, 0.3) is 0 Å². The van der Waals surface area contributed by atoms with E-state index in [1.165, 1.54) is 12.8 Å². The van der Waals surface area contributed by atoms with Gasteiger partial charge in [0.25, 0.3) is 0 Å². The first kappa shape index (κ1) is 14.7. The van der Waals surface area contributed by atoms with Gasteiger partial charge in [0, 0.05) is 32.7 Å². The van der Waals surface area contributed by atoms with E-state index in [1.54, 1.807) is 11.1 Å². The third-order valence-electron chi connectivity index (χ3n) is 2.78. The van der Waals surface area contributed by atoms with Gasteiger partial charge >= 0.3 is 0 Å². The van der Waals surface area contributed by atoms with Crippen molar-refractivity contribution in [2.75, 3.05) is 0 Å². The Kier molecular flexibility index (Phi) is 4.94. The van der Waals surface area contributed by atoms with Crippen LogP contribution in [0.15, 0.2) is 11.1 Å². The van der Waals surface area contributed by atoms with Crippen LogP contribution in [0.2, 0.25) is 0 Å². The van der Waals surface area contributed by atoms with Crippen molar-refractivity contribution in [3.8, 4) is 0 Å². The summed E-state index contributed by atoms with van der Waals surface area (Å²) in [5, 5.41) is 0. The molecule has 0 unspecified atom stereocenters. The normalized spacial score (nSPS) is 17.9. The minimum atomic E-state index is 0. The van der Waals surface area contributed by atoms with Gasteiger partial charge in [-0.15, -0.1) is 12.8 Å². The van der Waals surface area contributed by atoms with Crippen LogP contribution < -0.4 is 0 Å². The molecular formula is C13H23Y-. The molecule has 0 N–H and O–H groups in total. The van der Waals surface area contributed by atoms with Gasteiger partial charge in [-0.1, -0.05) is 47.0 Å². The zero-order valence-corrected chi connectivity index (χ0v) is 13.4. The van der Waals surface area contributed by atoms with Gasteiger partial charge in [0.15, 0.2) is 0 Å². The van der Waals surface area contributed by atoms with Crippen LogP contribution in [0, 0.1) is 17.3 Å². The molecule has 0 nitrogen and oxygen atoms in total. The Morgan fingerprint density at radius 3 is 1.71 bits per heavy atom. The molecule has 0 aromatic carbocycles. The maximum absolute atomic E-state index is 2.43. The molecule has 14 heavy (non-hydrogen) atoms. The molecule has 0 fully saturated rings. The largest absolute Gasteiger partial charge is 0.228 e. The molecule has 0 spiro atoms. The summed E-state index contributed by atoms with van der Waals surface area (Å²) in [7, 11) is 0. The molecule has 1 radical (unpaired) electrons. The molecule has 1 aliphatic carbocycles. The van der Waals surface area contributed by atoms with E-state index in [-0.39, 0.29) is 32.7 Å². The summed E-state index contributed by atoms with van der Waals surface area (Å²) in [6, 6.07) is 0. The van der Waals surface area contributed by atoms with Crippen molar-refractivity contribution >= 4 is 0 Å². The zero-order chi connectivity index (χ0) is 10.3. The Bertz CT molecular complexity index is 199. The monoisotopic (exact) mass is 268 g/mol. The standard InChI is InChI=1S/C13H23.Y/c1-12(2,3)10-8-7-9-11(10)13(4,5)6;/h8H,7,9H2,1-6H3;/q-1;. The summed E-state index contributed by atoms with van der Waals surface area (Å²) < 4.78 is 0. The van der Waals surface area contributed by atoms with Crippen molar-refractivity contribution in [1.82, 2.24) is 0 Å². The van der Waals surface area contributed by atoms with Gasteiger partial charge in [0.1, 0.15) is 0 Å². The summed E-state index contributed by atoms with van der Waals surface area (Å²) in [5.41, 5.74) is 3.95. The molecule has 0 saturated heterocycles. The molecule has 0 aromatic rings. The number of allylic oxidation sites excluding steroid dienone is 2. The number of hydrogen-bond donors (Lipinski definition) is 0. The first-order valence-corrected chi connectivity index (χ1v) is 5.30. The van der Waals surface area contributed by atoms with Crippen LogP contribution in [0.4, 0.5) is 0 Å². The topological polar surface area (TPSA) is 0 Å². The third-order valence-corrected chi connectivity index (χ3v) is 2.78. The van der Waals surface area contributed by atoms with E-state index in [0.29, 0.717) is 10.8 Å². The van der Waals surface area contributed by atoms with Crippen molar-refractivity contribution < 1.29 is 32.7 Å². The maximum Gasteiger partial charge on any atom is 0 e. The third kappa shape index (κ3) is 3.38. The van der Waals surface area contributed by atoms with E-state index in [4.69, 9.17) is 0 Å². The van der Waals surface area contributed by atoms with E-state index in [0.717, 1.165) is 0 Å². The summed E-state index contributed by atoms with van der Waals surface area (Å²) >= 11 is 0. The number of hydrogen-bond acceptors (Lipinski definition) is 0. The van der Waals surface area contributed by atoms with E-state index < -0.39 is 0 Å². The second kappa shape index (κ2) is 4.70. The van der Waals surface area contributed by atoms with Gasteiger partial charge in [0.05, 0.1) is 0 Å². The van der Waals surface area contributed by atoms with Crippen molar-refractivity contribution in [2.24, 2.45) is 10.8 Å². The van der Waals surface area contributed by atoms with Crippen LogP contribution in [0.1, 0.15) is 54.4 Å². The Labute approximate surface area is 115 Å². The van der Waals surface area contributed by atoms with Crippen molar-refractivity contribution in [2.45, 2.75) is 54.4 Å². The van der Waals surface area contributed by atoms with Crippen molar-refractivity contribution in [3.63, 3.8) is 0 Å². The SMILES string of the molecule is CC(C)(C)C1=C(C(C)(C)C)CC[CH-]1.[Y]. The average molecular weight is 268 g/mol. The first-order chi connectivity index (χ1) is 5.73. The molecule has 0 amide bonds. The first-order valence-electron chi connectivity index (χ1n) is 5.30. The molecule has 1 heteroatoms. The molecule has 0 bridgehead atoms. The molecule has 1 aliphatic rings. The molecule has 0 aliphatic heterocycles. The Balaban J connectivity index is 0.00000169. The predicted octanol–water partition coefficient (Wildman–Crippen LogP) is 4.37. The summed E-state index contributed by atoms with van der Waals surface area (Å²) in [6.07, 6.45) is 4.95. The van der Waals surface area contributed by atoms with Gasteiger partial charge in [0.2, 0.25) is 0 Å². The van der Waals surface area contributed by atoms with E-state index in [9.17, 15) is 0 Å². The maximum atomic E-state index is 2.43. The average Bonchev–Trinajstić information content (AvgIpc) is 2.27. The van der Waals surface area contributed by atoms with E-state index >= 15 is 0 Å². The van der Waals surface area contributed by atoms with Gasteiger partial charge in [-0.25, -0.2) is 17.6 Å². The van der Waals surface area contributed by atoms with Gasteiger partial charge in [-0.3, -0.25) is 0 Å². The molecule has 0 aromatic heterocycles. The Morgan fingerprint density at radius 2 is 1.43 bits per heavy atom. The fourth-order valence-electron chi connectivity index (χ4n) is 2.16. The van der Waals surface area contributed by atoms with Gasteiger partial charge in [-0.2, -0.15) is 0 Å².